The zero-order valence-electron chi connectivity index (χ0n) is 11.9. The van der Waals surface area contributed by atoms with Crippen molar-refractivity contribution in [2.75, 3.05) is 11.9 Å². The van der Waals surface area contributed by atoms with E-state index < -0.39 is 24.3 Å². The zero-order chi connectivity index (χ0) is 16.8. The Morgan fingerprint density at radius 1 is 0.913 bits per heavy atom. The summed E-state index contributed by atoms with van der Waals surface area (Å²) < 4.78 is 0. The predicted molar refractivity (Wildman–Crippen MR) is 82.5 cm³/mol. The highest BCUT2D eigenvalue weighted by Crippen LogP contribution is 2.18. The van der Waals surface area contributed by atoms with Gasteiger partial charge in [-0.3, -0.25) is 14.4 Å². The first-order valence-corrected chi connectivity index (χ1v) is 6.67. The lowest BCUT2D eigenvalue weighted by Gasteiger charge is -2.08. The third-order valence-electron chi connectivity index (χ3n) is 2.95. The van der Waals surface area contributed by atoms with Crippen molar-refractivity contribution in [3.05, 3.63) is 59.7 Å². The van der Waals surface area contributed by atoms with E-state index in [0.717, 1.165) is 0 Å². The summed E-state index contributed by atoms with van der Waals surface area (Å²) in [5, 5.41) is 22.9. The Balaban J connectivity index is 2.03. The fourth-order valence-corrected chi connectivity index (χ4v) is 1.83. The van der Waals surface area contributed by atoms with Gasteiger partial charge in [-0.25, -0.2) is 0 Å². The van der Waals surface area contributed by atoms with Crippen LogP contribution in [0.4, 0.5) is 5.69 Å². The van der Waals surface area contributed by atoms with Crippen molar-refractivity contribution in [3.63, 3.8) is 0 Å². The molecule has 7 heteroatoms. The molecule has 0 atom stereocenters. The molecule has 0 unspecified atom stereocenters. The molecule has 4 N–H and O–H groups in total. The lowest BCUT2D eigenvalue weighted by atomic mass is 10.1. The lowest BCUT2D eigenvalue weighted by Crippen LogP contribution is -2.29. The van der Waals surface area contributed by atoms with Gasteiger partial charge in [-0.05, 0) is 36.4 Å². The van der Waals surface area contributed by atoms with Crippen LogP contribution in [0.25, 0.3) is 0 Å². The number of carboxylic acids is 1. The van der Waals surface area contributed by atoms with Crippen LogP contribution in [-0.2, 0) is 4.79 Å². The van der Waals surface area contributed by atoms with Gasteiger partial charge in [-0.1, -0.05) is 12.1 Å². The van der Waals surface area contributed by atoms with Crippen LogP contribution in [0.15, 0.2) is 48.5 Å². The molecule has 2 amide bonds. The number of anilines is 1. The van der Waals surface area contributed by atoms with Crippen LogP contribution < -0.4 is 10.6 Å². The molecule has 23 heavy (non-hydrogen) atoms. The van der Waals surface area contributed by atoms with Crippen molar-refractivity contribution in [1.82, 2.24) is 5.32 Å². The quantitative estimate of drug-likeness (QED) is 0.667. The number of carbonyl (C=O) groups excluding carboxylic acids is 2. The minimum atomic E-state index is -1.13. The number of carbonyl (C=O) groups is 3. The summed E-state index contributed by atoms with van der Waals surface area (Å²) in [5.74, 6) is -2.27. The van der Waals surface area contributed by atoms with Crippen molar-refractivity contribution in [2.45, 2.75) is 0 Å². The third kappa shape index (κ3) is 4.31. The molecule has 0 saturated heterocycles. The number of para-hydroxylation sites is 1. The summed E-state index contributed by atoms with van der Waals surface area (Å²) >= 11 is 0. The summed E-state index contributed by atoms with van der Waals surface area (Å²) in [6, 6.07) is 12.1. The van der Waals surface area contributed by atoms with Gasteiger partial charge >= 0.3 is 5.97 Å². The maximum atomic E-state index is 12.0. The van der Waals surface area contributed by atoms with Crippen molar-refractivity contribution in [1.29, 1.82) is 0 Å². The molecule has 0 aliphatic heterocycles. The van der Waals surface area contributed by atoms with Crippen molar-refractivity contribution in [2.24, 2.45) is 0 Å². The van der Waals surface area contributed by atoms with E-state index in [0.29, 0.717) is 5.69 Å². The van der Waals surface area contributed by atoms with Crippen molar-refractivity contribution in [3.8, 4) is 5.75 Å². The number of phenolic OH excluding ortho intramolecular Hbond substituents is 1. The Bertz CT molecular complexity index is 740. The summed E-state index contributed by atoms with van der Waals surface area (Å²) in [6.07, 6.45) is 0. The molecule has 0 radical (unpaired) electrons. The average Bonchev–Trinajstić information content (AvgIpc) is 2.53. The number of hydrogen-bond donors (Lipinski definition) is 4. The Hall–Kier alpha value is -3.35. The van der Waals surface area contributed by atoms with Crippen LogP contribution in [0, 0.1) is 0 Å². The van der Waals surface area contributed by atoms with Gasteiger partial charge in [-0.15, -0.1) is 0 Å². The van der Waals surface area contributed by atoms with Gasteiger partial charge < -0.3 is 20.8 Å². The molecule has 2 rings (SSSR count). The number of aromatic hydroxyl groups is 1. The van der Waals surface area contributed by atoms with Crippen LogP contribution in [0.3, 0.4) is 0 Å². The lowest BCUT2D eigenvalue weighted by molar-refractivity contribution is -0.135. The molecule has 0 fully saturated rings. The molecule has 0 bridgehead atoms. The Labute approximate surface area is 131 Å². The number of hydrogen-bond acceptors (Lipinski definition) is 4. The second-order valence-electron chi connectivity index (χ2n) is 4.63. The largest absolute Gasteiger partial charge is 0.507 e. The third-order valence-corrected chi connectivity index (χ3v) is 2.95. The number of benzene rings is 2. The summed E-state index contributed by atoms with van der Waals surface area (Å²) in [4.78, 5) is 34.1. The molecule has 0 aromatic heterocycles. The minimum Gasteiger partial charge on any atom is -0.507 e. The van der Waals surface area contributed by atoms with E-state index in [9.17, 15) is 19.5 Å². The summed E-state index contributed by atoms with van der Waals surface area (Å²) in [6.45, 7) is -0.468. The van der Waals surface area contributed by atoms with Crippen LogP contribution in [0.2, 0.25) is 0 Å². The topological polar surface area (TPSA) is 116 Å². The van der Waals surface area contributed by atoms with Crippen LogP contribution in [-0.4, -0.2) is 34.5 Å². The van der Waals surface area contributed by atoms with Gasteiger partial charge in [0.05, 0.1) is 5.56 Å². The van der Waals surface area contributed by atoms with Gasteiger partial charge in [-0.2, -0.15) is 0 Å². The van der Waals surface area contributed by atoms with E-state index in [2.05, 4.69) is 10.6 Å². The molecule has 0 aliphatic rings. The van der Waals surface area contributed by atoms with Gasteiger partial charge in [0.1, 0.15) is 12.3 Å². The molecule has 2 aromatic rings. The van der Waals surface area contributed by atoms with E-state index in [1.165, 1.54) is 36.4 Å². The molecule has 2 aromatic carbocycles. The summed E-state index contributed by atoms with van der Waals surface area (Å²) in [5.41, 5.74) is 0.843. The van der Waals surface area contributed by atoms with Crippen LogP contribution in [0.5, 0.6) is 5.75 Å². The highest BCUT2D eigenvalue weighted by Gasteiger charge is 2.11. The monoisotopic (exact) mass is 314 g/mol. The number of aliphatic carboxylic acids is 1. The highest BCUT2D eigenvalue weighted by atomic mass is 16.4. The fraction of sp³-hybridized carbons (Fsp3) is 0.0625. The maximum Gasteiger partial charge on any atom is 0.322 e. The number of amides is 2. The highest BCUT2D eigenvalue weighted by molar-refractivity contribution is 6.06. The molecule has 118 valence electrons. The van der Waals surface area contributed by atoms with Crippen LogP contribution >= 0.6 is 0 Å². The van der Waals surface area contributed by atoms with Crippen molar-refractivity contribution < 1.29 is 24.6 Å². The predicted octanol–water partition coefficient (Wildman–Crippen LogP) is 1.46. The van der Waals surface area contributed by atoms with E-state index in [1.54, 1.807) is 12.1 Å². The molecular weight excluding hydrogens is 300 g/mol. The number of carboxylic acid groups (broad SMARTS) is 1. The Morgan fingerprint density at radius 3 is 2.17 bits per heavy atom. The molecule has 0 heterocycles. The van der Waals surface area contributed by atoms with Gasteiger partial charge in [0.25, 0.3) is 11.8 Å². The number of nitrogens with one attached hydrogen (secondary N) is 2. The van der Waals surface area contributed by atoms with Crippen LogP contribution in [0.1, 0.15) is 20.7 Å². The Morgan fingerprint density at radius 2 is 1.57 bits per heavy atom. The standard InChI is InChI=1S/C16H14N2O5/c19-13-4-2-1-3-12(13)16(23)18-11-7-5-10(6-8-11)15(22)17-9-14(20)21/h1-8,19H,9H2,(H,17,22)(H,18,23)(H,20,21). The molecule has 0 aliphatic carbocycles. The van der Waals surface area contributed by atoms with Gasteiger partial charge in [0, 0.05) is 11.3 Å². The van der Waals surface area contributed by atoms with Gasteiger partial charge in [0.2, 0.25) is 0 Å². The second-order valence-corrected chi connectivity index (χ2v) is 4.63. The second kappa shape index (κ2) is 7.08. The first-order valence-electron chi connectivity index (χ1n) is 6.67. The Kier molecular flexibility index (Phi) is 4.93. The average molecular weight is 314 g/mol. The van der Waals surface area contributed by atoms with E-state index in [1.807, 2.05) is 0 Å². The SMILES string of the molecule is O=C(O)CNC(=O)c1ccc(NC(=O)c2ccccc2O)cc1. The van der Waals surface area contributed by atoms with Gasteiger partial charge in [0.15, 0.2) is 0 Å². The molecule has 7 nitrogen and oxygen atoms in total. The molecule has 0 saturated carbocycles. The first-order chi connectivity index (χ1) is 11.0. The normalized spacial score (nSPS) is 9.91. The zero-order valence-corrected chi connectivity index (χ0v) is 11.9. The summed E-state index contributed by atoms with van der Waals surface area (Å²) in [7, 11) is 0. The van der Waals surface area contributed by atoms with E-state index in [4.69, 9.17) is 5.11 Å². The fourth-order valence-electron chi connectivity index (χ4n) is 1.83. The number of rotatable bonds is 5. The maximum absolute atomic E-state index is 12.0. The molecule has 0 spiro atoms. The number of phenols is 1. The van der Waals surface area contributed by atoms with Crippen molar-refractivity contribution >= 4 is 23.5 Å². The smallest absolute Gasteiger partial charge is 0.322 e. The van der Waals surface area contributed by atoms with E-state index >= 15 is 0 Å². The van der Waals surface area contributed by atoms with E-state index in [-0.39, 0.29) is 16.9 Å². The first kappa shape index (κ1) is 16.0. The minimum absolute atomic E-state index is 0.130. The molecular formula is C16H14N2O5.